The van der Waals surface area contributed by atoms with E-state index >= 15 is 0 Å². The highest BCUT2D eigenvalue weighted by atomic mass is 16.1. The second kappa shape index (κ2) is 7.28. The number of nitrogens with one attached hydrogen (secondary N) is 1. The monoisotopic (exact) mass is 284 g/mol. The SMILES string of the molecule is Cc1ccc(C(=O)NC2CCCCC2C)c(C#CCN)c1. The Morgan fingerprint density at radius 3 is 2.86 bits per heavy atom. The molecule has 1 aromatic rings. The predicted octanol–water partition coefficient (Wildman–Crippen LogP) is 2.61. The van der Waals surface area contributed by atoms with Gasteiger partial charge in [0.15, 0.2) is 0 Å². The van der Waals surface area contributed by atoms with Crippen LogP contribution in [0.4, 0.5) is 0 Å². The number of benzene rings is 1. The maximum Gasteiger partial charge on any atom is 0.252 e. The normalized spacial score (nSPS) is 21.3. The Hall–Kier alpha value is -1.79. The lowest BCUT2D eigenvalue weighted by Gasteiger charge is -2.29. The van der Waals surface area contributed by atoms with Crippen molar-refractivity contribution in [3.05, 3.63) is 34.9 Å². The lowest BCUT2D eigenvalue weighted by atomic mass is 9.85. The standard InChI is InChI=1S/C18H24N2O/c1-13-9-10-16(15(12-13)7-5-11-19)18(21)20-17-8-4-3-6-14(17)2/h9-10,12,14,17H,3-4,6,8,11,19H2,1-2H3,(H,20,21). The predicted molar refractivity (Wildman–Crippen MR) is 86.0 cm³/mol. The van der Waals surface area contributed by atoms with E-state index in [1.165, 1.54) is 19.3 Å². The minimum Gasteiger partial charge on any atom is -0.349 e. The van der Waals surface area contributed by atoms with E-state index in [-0.39, 0.29) is 11.9 Å². The molecule has 2 rings (SSSR count). The number of rotatable bonds is 2. The molecule has 1 aliphatic carbocycles. The number of aryl methyl sites for hydroxylation is 1. The molecule has 0 saturated heterocycles. The molecule has 0 spiro atoms. The van der Waals surface area contributed by atoms with Crippen molar-refractivity contribution < 1.29 is 4.79 Å². The van der Waals surface area contributed by atoms with Crippen LogP contribution >= 0.6 is 0 Å². The van der Waals surface area contributed by atoms with E-state index in [2.05, 4.69) is 24.1 Å². The van der Waals surface area contributed by atoms with Crippen LogP contribution in [0.15, 0.2) is 18.2 Å². The van der Waals surface area contributed by atoms with Crippen molar-refractivity contribution in [3.8, 4) is 11.8 Å². The van der Waals surface area contributed by atoms with E-state index in [0.29, 0.717) is 18.0 Å². The van der Waals surface area contributed by atoms with Crippen LogP contribution in [0.2, 0.25) is 0 Å². The van der Waals surface area contributed by atoms with E-state index < -0.39 is 0 Å². The van der Waals surface area contributed by atoms with Crippen molar-refractivity contribution in [3.63, 3.8) is 0 Å². The molecule has 0 radical (unpaired) electrons. The molecule has 1 fully saturated rings. The summed E-state index contributed by atoms with van der Waals surface area (Å²) in [6, 6.07) is 6.04. The van der Waals surface area contributed by atoms with Crippen molar-refractivity contribution in [1.82, 2.24) is 5.32 Å². The van der Waals surface area contributed by atoms with Gasteiger partial charge in [-0.2, -0.15) is 0 Å². The van der Waals surface area contributed by atoms with Crippen molar-refractivity contribution in [1.29, 1.82) is 0 Å². The van der Waals surface area contributed by atoms with Gasteiger partial charge in [-0.3, -0.25) is 4.79 Å². The third-order valence-corrected chi connectivity index (χ3v) is 4.17. The molecule has 1 aromatic carbocycles. The zero-order valence-corrected chi connectivity index (χ0v) is 12.9. The van der Waals surface area contributed by atoms with Crippen LogP contribution in [-0.4, -0.2) is 18.5 Å². The van der Waals surface area contributed by atoms with Gasteiger partial charge in [0.25, 0.3) is 5.91 Å². The number of nitrogens with two attached hydrogens (primary N) is 1. The molecule has 0 aromatic heterocycles. The molecule has 1 saturated carbocycles. The fraction of sp³-hybridized carbons (Fsp3) is 0.500. The van der Waals surface area contributed by atoms with Crippen molar-refractivity contribution in [2.45, 2.75) is 45.6 Å². The van der Waals surface area contributed by atoms with Gasteiger partial charge in [-0.15, -0.1) is 0 Å². The quantitative estimate of drug-likeness (QED) is 0.820. The molecule has 1 aliphatic rings. The molecule has 3 N–H and O–H groups in total. The molecule has 3 heteroatoms. The Balaban J connectivity index is 2.18. The molecule has 3 nitrogen and oxygen atoms in total. The van der Waals surface area contributed by atoms with E-state index in [1.807, 2.05) is 25.1 Å². The molecule has 21 heavy (non-hydrogen) atoms. The number of carbonyl (C=O) groups is 1. The minimum absolute atomic E-state index is 0.0185. The topological polar surface area (TPSA) is 55.1 Å². The Kier molecular flexibility index (Phi) is 5.41. The number of carbonyl (C=O) groups excluding carboxylic acids is 1. The van der Waals surface area contributed by atoms with Crippen LogP contribution < -0.4 is 11.1 Å². The summed E-state index contributed by atoms with van der Waals surface area (Å²) in [5.74, 6) is 6.37. The van der Waals surface area contributed by atoms with E-state index in [0.717, 1.165) is 17.5 Å². The maximum absolute atomic E-state index is 12.5. The van der Waals surface area contributed by atoms with Crippen molar-refractivity contribution in [2.24, 2.45) is 11.7 Å². The van der Waals surface area contributed by atoms with Crippen LogP contribution in [0.3, 0.4) is 0 Å². The zero-order valence-electron chi connectivity index (χ0n) is 12.9. The Morgan fingerprint density at radius 1 is 1.38 bits per heavy atom. The Morgan fingerprint density at radius 2 is 2.14 bits per heavy atom. The average molecular weight is 284 g/mol. The second-order valence-corrected chi connectivity index (χ2v) is 5.90. The minimum atomic E-state index is -0.0185. The third-order valence-electron chi connectivity index (χ3n) is 4.17. The van der Waals surface area contributed by atoms with E-state index in [9.17, 15) is 4.79 Å². The summed E-state index contributed by atoms with van der Waals surface area (Å²) in [6.45, 7) is 4.52. The molecule has 2 unspecified atom stereocenters. The summed E-state index contributed by atoms with van der Waals surface area (Å²) in [5, 5.41) is 3.18. The molecular weight excluding hydrogens is 260 g/mol. The van der Waals surface area contributed by atoms with Gasteiger partial charge in [0.2, 0.25) is 0 Å². The van der Waals surface area contributed by atoms with Gasteiger partial charge < -0.3 is 11.1 Å². The van der Waals surface area contributed by atoms with E-state index in [1.54, 1.807) is 0 Å². The highest BCUT2D eigenvalue weighted by molar-refractivity contribution is 5.97. The summed E-state index contributed by atoms with van der Waals surface area (Å²) in [7, 11) is 0. The van der Waals surface area contributed by atoms with E-state index in [4.69, 9.17) is 5.73 Å². The molecule has 0 aliphatic heterocycles. The lowest BCUT2D eigenvalue weighted by Crippen LogP contribution is -2.41. The molecule has 112 valence electrons. The molecule has 0 heterocycles. The number of amides is 1. The highest BCUT2D eigenvalue weighted by Gasteiger charge is 2.23. The first-order valence-electron chi connectivity index (χ1n) is 7.72. The largest absolute Gasteiger partial charge is 0.349 e. The van der Waals surface area contributed by atoms with Crippen LogP contribution in [0.25, 0.3) is 0 Å². The smallest absolute Gasteiger partial charge is 0.252 e. The summed E-state index contributed by atoms with van der Waals surface area (Å²) in [4.78, 5) is 12.5. The van der Waals surface area contributed by atoms with Crippen LogP contribution in [0.1, 0.15) is 54.1 Å². The van der Waals surface area contributed by atoms with Crippen molar-refractivity contribution in [2.75, 3.05) is 6.54 Å². The molecule has 1 amide bonds. The van der Waals surface area contributed by atoms with Gasteiger partial charge in [-0.25, -0.2) is 0 Å². The van der Waals surface area contributed by atoms with Crippen LogP contribution in [0, 0.1) is 24.7 Å². The summed E-state index contributed by atoms with van der Waals surface area (Å²) < 4.78 is 0. The third kappa shape index (κ3) is 4.09. The highest BCUT2D eigenvalue weighted by Crippen LogP contribution is 2.24. The maximum atomic E-state index is 12.5. The summed E-state index contributed by atoms with van der Waals surface area (Å²) in [6.07, 6.45) is 4.73. The molecule has 2 atom stereocenters. The van der Waals surface area contributed by atoms with Gasteiger partial charge in [0.1, 0.15) is 0 Å². The lowest BCUT2D eigenvalue weighted by molar-refractivity contribution is 0.0910. The van der Waals surface area contributed by atoms with Crippen molar-refractivity contribution >= 4 is 5.91 Å². The fourth-order valence-corrected chi connectivity index (χ4v) is 2.88. The Bertz CT molecular complexity index is 568. The molecular formula is C18H24N2O. The van der Waals surface area contributed by atoms with Crippen LogP contribution in [-0.2, 0) is 0 Å². The van der Waals surface area contributed by atoms with Gasteiger partial charge >= 0.3 is 0 Å². The van der Waals surface area contributed by atoms with Gasteiger partial charge in [0.05, 0.1) is 12.1 Å². The second-order valence-electron chi connectivity index (χ2n) is 5.90. The number of hydrogen-bond acceptors (Lipinski definition) is 2. The van der Waals surface area contributed by atoms with Gasteiger partial charge in [-0.1, -0.05) is 37.7 Å². The summed E-state index contributed by atoms with van der Waals surface area (Å²) in [5.41, 5.74) is 7.95. The average Bonchev–Trinajstić information content (AvgIpc) is 2.47. The molecule has 0 bridgehead atoms. The van der Waals surface area contributed by atoms with Crippen LogP contribution in [0.5, 0.6) is 0 Å². The first-order valence-corrected chi connectivity index (χ1v) is 7.72. The van der Waals surface area contributed by atoms with Gasteiger partial charge in [-0.05, 0) is 43.4 Å². The zero-order chi connectivity index (χ0) is 15.2. The van der Waals surface area contributed by atoms with Gasteiger partial charge in [0, 0.05) is 11.6 Å². The first kappa shape index (κ1) is 15.6. The summed E-state index contributed by atoms with van der Waals surface area (Å²) >= 11 is 0. The fourth-order valence-electron chi connectivity index (χ4n) is 2.88. The first-order chi connectivity index (χ1) is 10.1. The number of hydrogen-bond donors (Lipinski definition) is 2. The Labute approximate surface area is 127 Å².